The van der Waals surface area contributed by atoms with E-state index in [1.807, 2.05) is 0 Å². The van der Waals surface area contributed by atoms with E-state index in [1.54, 1.807) is 6.26 Å². The van der Waals surface area contributed by atoms with Gasteiger partial charge in [-0.25, -0.2) is 0 Å². The zero-order valence-electron chi connectivity index (χ0n) is 3.63. The van der Waals surface area contributed by atoms with E-state index < -0.39 is 0 Å². The smallest absolute Gasteiger partial charge is 0.691 e. The van der Waals surface area contributed by atoms with Crippen molar-refractivity contribution in [2.75, 3.05) is 6.26 Å². The van der Waals surface area contributed by atoms with Crippen LogP contribution in [0.15, 0.2) is 0 Å². The molecule has 5 heteroatoms. The van der Waals surface area contributed by atoms with Crippen LogP contribution in [0.25, 0.3) is 0 Å². The molecule has 0 saturated heterocycles. The Bertz CT molecular complexity index is 18.3. The number of hydrogen-bond donors (Lipinski definition) is 0. The molecule has 6 heavy (non-hydrogen) atoms. The largest absolute Gasteiger partial charge is 1.00 e. The van der Waals surface area contributed by atoms with Crippen LogP contribution in [0.5, 0.6) is 0 Å². The molecule has 0 bridgehead atoms. The standard InChI is InChI=1S/CH4O3S.K/c1-5-4-3-2;/h2H,1H3;/q;+1/p-1. The zero-order chi connectivity index (χ0) is 4.12. The van der Waals surface area contributed by atoms with Crippen molar-refractivity contribution >= 4 is 12.0 Å². The van der Waals surface area contributed by atoms with Gasteiger partial charge in [0.1, 0.15) is 0 Å². The van der Waals surface area contributed by atoms with Crippen LogP contribution in [-0.4, -0.2) is 6.26 Å². The molecule has 0 N–H and O–H groups in total. The molecule has 0 aliphatic rings. The summed E-state index contributed by atoms with van der Waals surface area (Å²) in [6, 6.07) is 0. The average Bonchev–Trinajstić information content (AvgIpc) is 1.41. The Morgan fingerprint density at radius 2 is 2.17 bits per heavy atom. The number of rotatable bonds is 2. The maximum atomic E-state index is 8.79. The summed E-state index contributed by atoms with van der Waals surface area (Å²) in [7, 11) is 0. The van der Waals surface area contributed by atoms with Crippen molar-refractivity contribution in [2.24, 2.45) is 0 Å². The molecule has 0 radical (unpaired) electrons. The monoisotopic (exact) mass is 134 g/mol. The van der Waals surface area contributed by atoms with E-state index in [1.165, 1.54) is 0 Å². The van der Waals surface area contributed by atoms with Crippen molar-refractivity contribution in [3.05, 3.63) is 0 Å². The van der Waals surface area contributed by atoms with E-state index in [2.05, 4.69) is 9.37 Å². The Labute approximate surface area is 82.9 Å². The van der Waals surface area contributed by atoms with Crippen molar-refractivity contribution in [3.63, 3.8) is 0 Å². The molecule has 0 aromatic heterocycles. The Morgan fingerprint density at radius 3 is 2.17 bits per heavy atom. The van der Waals surface area contributed by atoms with Crippen LogP contribution < -0.4 is 56.6 Å². The van der Waals surface area contributed by atoms with Gasteiger partial charge in [0.05, 0.1) is 0 Å². The first kappa shape index (κ1) is 10.8. The fourth-order valence-corrected chi connectivity index (χ4v) is 0.0833. The van der Waals surface area contributed by atoms with E-state index in [-0.39, 0.29) is 51.4 Å². The van der Waals surface area contributed by atoms with Gasteiger partial charge < -0.3 is 5.26 Å². The molecule has 0 aliphatic carbocycles. The second-order valence-corrected chi connectivity index (χ2v) is 0.772. The van der Waals surface area contributed by atoms with Gasteiger partial charge in [-0.05, 0) is 0 Å². The van der Waals surface area contributed by atoms with Gasteiger partial charge in [-0.2, -0.15) is 4.33 Å². The quantitative estimate of drug-likeness (QED) is 0.170. The molecule has 0 amide bonds. The molecule has 0 aromatic carbocycles. The minimum atomic E-state index is 0. The summed E-state index contributed by atoms with van der Waals surface area (Å²) in [5, 5.41) is 11.7. The van der Waals surface area contributed by atoms with Gasteiger partial charge in [0.25, 0.3) is 0 Å². The van der Waals surface area contributed by atoms with Crippen LogP contribution >= 0.6 is 12.0 Å². The molecule has 0 unspecified atom stereocenters. The fourth-order valence-electron chi connectivity index (χ4n) is 0.0278. The molecule has 0 aliphatic heterocycles. The molecule has 0 atom stereocenters. The summed E-state index contributed by atoms with van der Waals surface area (Å²) < 4.78 is 3.69. The Hall–Kier alpha value is 1.87. The predicted octanol–water partition coefficient (Wildman–Crippen LogP) is -3.51. The maximum absolute atomic E-state index is 8.79. The van der Waals surface area contributed by atoms with Gasteiger partial charge in [-0.1, -0.05) is 0 Å². The minimum Gasteiger partial charge on any atom is -0.691 e. The van der Waals surface area contributed by atoms with Crippen LogP contribution in [0, 0.1) is 0 Å². The molecule has 0 spiro atoms. The molecular weight excluding hydrogens is 131 g/mol. The summed E-state index contributed by atoms with van der Waals surface area (Å²) in [4.78, 5) is 0. The van der Waals surface area contributed by atoms with Crippen molar-refractivity contribution in [1.82, 2.24) is 0 Å². The first-order valence-electron chi connectivity index (χ1n) is 0.908. The van der Waals surface area contributed by atoms with E-state index in [4.69, 9.17) is 5.26 Å². The first-order chi connectivity index (χ1) is 2.41. The van der Waals surface area contributed by atoms with Crippen molar-refractivity contribution in [2.45, 2.75) is 0 Å². The predicted molar refractivity (Wildman–Crippen MR) is 15.7 cm³/mol. The third-order valence-electron chi connectivity index (χ3n) is 0.0958. The van der Waals surface area contributed by atoms with E-state index >= 15 is 0 Å². The SMILES string of the molecule is CSOO[O-].[K+]. The molecule has 0 saturated carbocycles. The van der Waals surface area contributed by atoms with Crippen LogP contribution in [-0.2, 0) is 9.37 Å². The maximum Gasteiger partial charge on any atom is 1.00 e. The van der Waals surface area contributed by atoms with Crippen LogP contribution in [0.2, 0.25) is 0 Å². The fraction of sp³-hybridized carbons (Fsp3) is 1.00. The molecule has 32 valence electrons. The summed E-state index contributed by atoms with van der Waals surface area (Å²) in [5.41, 5.74) is 0. The second kappa shape index (κ2) is 9.98. The van der Waals surface area contributed by atoms with Gasteiger partial charge in [-0.3, -0.25) is 5.04 Å². The summed E-state index contributed by atoms with van der Waals surface area (Å²) in [6.07, 6.45) is 1.58. The van der Waals surface area contributed by atoms with E-state index in [0.29, 0.717) is 0 Å². The topological polar surface area (TPSA) is 41.5 Å². The van der Waals surface area contributed by atoms with Crippen LogP contribution in [0.1, 0.15) is 0 Å². The normalized spacial score (nSPS) is 7.00. The van der Waals surface area contributed by atoms with Gasteiger partial charge in [0.15, 0.2) is 0 Å². The van der Waals surface area contributed by atoms with E-state index in [9.17, 15) is 0 Å². The number of hydrogen-bond acceptors (Lipinski definition) is 4. The van der Waals surface area contributed by atoms with Crippen molar-refractivity contribution in [3.8, 4) is 0 Å². The van der Waals surface area contributed by atoms with Crippen LogP contribution in [0.4, 0.5) is 0 Å². The van der Waals surface area contributed by atoms with Crippen molar-refractivity contribution < 1.29 is 66.0 Å². The molecule has 0 aromatic rings. The molecular formula is CH3KO3S. The third kappa shape index (κ3) is 9.29. The zero-order valence-corrected chi connectivity index (χ0v) is 7.57. The van der Waals surface area contributed by atoms with Gasteiger partial charge in [-0.15, -0.1) is 0 Å². The third-order valence-corrected chi connectivity index (χ3v) is 0.287. The molecule has 0 heterocycles. The van der Waals surface area contributed by atoms with Gasteiger partial charge in [0.2, 0.25) is 0 Å². The minimum absolute atomic E-state index is 0. The summed E-state index contributed by atoms with van der Waals surface area (Å²) >= 11 is 0.867. The van der Waals surface area contributed by atoms with Gasteiger partial charge in [0, 0.05) is 18.3 Å². The molecule has 3 nitrogen and oxygen atoms in total. The molecule has 0 rings (SSSR count). The Balaban J connectivity index is 0. The van der Waals surface area contributed by atoms with Crippen molar-refractivity contribution in [1.29, 1.82) is 0 Å². The average molecular weight is 134 g/mol. The van der Waals surface area contributed by atoms with Crippen LogP contribution in [0.3, 0.4) is 0 Å². The Morgan fingerprint density at radius 1 is 1.67 bits per heavy atom. The Kier molecular flexibility index (Phi) is 17.9. The summed E-state index contributed by atoms with van der Waals surface area (Å²) in [5.74, 6) is 0. The van der Waals surface area contributed by atoms with E-state index in [0.717, 1.165) is 12.0 Å². The summed E-state index contributed by atoms with van der Waals surface area (Å²) in [6.45, 7) is 0. The first-order valence-corrected chi connectivity index (χ1v) is 2.06. The molecule has 0 fully saturated rings. The van der Waals surface area contributed by atoms with Gasteiger partial charge >= 0.3 is 51.4 Å². The second-order valence-electron chi connectivity index (χ2n) is 0.303.